The summed E-state index contributed by atoms with van der Waals surface area (Å²) in [6.45, 7) is 2.51. The zero-order chi connectivity index (χ0) is 14.5. The number of amides is 1. The first-order valence-electron chi connectivity index (χ1n) is 6.79. The number of aliphatic hydroxyl groups excluding tert-OH is 1. The lowest BCUT2D eigenvalue weighted by Crippen LogP contribution is -2.42. The number of nitrogens with two attached hydrogens (primary N) is 1. The Balaban J connectivity index is 1.83. The number of methoxy groups -OCH3 is 1. The van der Waals surface area contributed by atoms with Crippen molar-refractivity contribution in [2.45, 2.75) is 25.5 Å². The topological polar surface area (TPSA) is 88.7 Å². The summed E-state index contributed by atoms with van der Waals surface area (Å²) in [6, 6.07) is 3.84. The predicted molar refractivity (Wildman–Crippen MR) is 74.0 cm³/mol. The summed E-state index contributed by atoms with van der Waals surface area (Å²) in [6.07, 6.45) is 2.37. The third-order valence-corrected chi connectivity index (χ3v) is 3.78. The number of aliphatic hydroxyl groups is 1. The molecule has 0 aliphatic carbocycles. The average Bonchev–Trinajstić information content (AvgIpc) is 2.48. The molecule has 0 unspecified atom stereocenters. The Hall–Kier alpha value is -1.66. The van der Waals surface area contributed by atoms with Crippen LogP contribution in [0.5, 0.6) is 5.88 Å². The molecule has 1 saturated heterocycles. The van der Waals surface area contributed by atoms with Gasteiger partial charge in [-0.2, -0.15) is 0 Å². The van der Waals surface area contributed by atoms with Crippen LogP contribution in [-0.4, -0.2) is 47.2 Å². The number of hydrogen-bond donors (Lipinski definition) is 2. The lowest BCUT2D eigenvalue weighted by Gasteiger charge is -2.33. The van der Waals surface area contributed by atoms with Crippen molar-refractivity contribution in [3.63, 3.8) is 0 Å². The number of likely N-dealkylation sites (tertiary alicyclic amines) is 1. The second kappa shape index (κ2) is 6.67. The molecule has 2 rings (SSSR count). The summed E-state index contributed by atoms with van der Waals surface area (Å²) in [5.41, 5.74) is 6.25. The molecular weight excluding hydrogens is 258 g/mol. The highest BCUT2D eigenvalue weighted by molar-refractivity contribution is 5.78. The van der Waals surface area contributed by atoms with Crippen molar-refractivity contribution in [3.8, 4) is 5.88 Å². The molecule has 1 aromatic heterocycles. The van der Waals surface area contributed by atoms with Gasteiger partial charge >= 0.3 is 0 Å². The standard InChI is InChI=1S/C14H21N3O3/c1-20-12-3-2-10(8-16-12)9-17-6-4-11(5-7-17)13(18)14(15)19/h2-3,8,11,13,18H,4-7,9H2,1H3,(H2,15,19)/t13-/m0/s1. The van der Waals surface area contributed by atoms with Crippen LogP contribution in [0.15, 0.2) is 18.3 Å². The van der Waals surface area contributed by atoms with Crippen LogP contribution < -0.4 is 10.5 Å². The Kier molecular flexibility index (Phi) is 4.92. The third kappa shape index (κ3) is 3.68. The van der Waals surface area contributed by atoms with Crippen molar-refractivity contribution in [1.82, 2.24) is 9.88 Å². The minimum absolute atomic E-state index is 0.0160. The summed E-state index contributed by atoms with van der Waals surface area (Å²) < 4.78 is 5.03. The molecule has 0 bridgehead atoms. The van der Waals surface area contributed by atoms with Gasteiger partial charge in [-0.05, 0) is 37.4 Å². The summed E-state index contributed by atoms with van der Waals surface area (Å²) in [7, 11) is 1.59. The predicted octanol–water partition coefficient (Wildman–Crippen LogP) is 0.148. The molecular formula is C14H21N3O3. The zero-order valence-corrected chi connectivity index (χ0v) is 11.7. The van der Waals surface area contributed by atoms with Gasteiger partial charge in [-0.1, -0.05) is 6.07 Å². The summed E-state index contributed by atoms with van der Waals surface area (Å²) in [5, 5.41) is 9.67. The van der Waals surface area contributed by atoms with E-state index in [1.807, 2.05) is 18.3 Å². The number of nitrogens with zero attached hydrogens (tertiary/aromatic N) is 2. The highest BCUT2D eigenvalue weighted by Gasteiger charge is 2.28. The lowest BCUT2D eigenvalue weighted by atomic mass is 9.91. The van der Waals surface area contributed by atoms with Crippen LogP contribution in [0.2, 0.25) is 0 Å². The minimum atomic E-state index is -1.01. The van der Waals surface area contributed by atoms with Gasteiger partial charge in [0.1, 0.15) is 6.10 Å². The van der Waals surface area contributed by atoms with Gasteiger partial charge in [0, 0.05) is 18.8 Å². The van der Waals surface area contributed by atoms with E-state index in [-0.39, 0.29) is 5.92 Å². The van der Waals surface area contributed by atoms with Crippen molar-refractivity contribution in [3.05, 3.63) is 23.9 Å². The molecule has 1 atom stereocenters. The van der Waals surface area contributed by atoms with Gasteiger partial charge < -0.3 is 15.6 Å². The monoisotopic (exact) mass is 279 g/mol. The molecule has 1 amide bonds. The van der Waals surface area contributed by atoms with E-state index in [4.69, 9.17) is 10.5 Å². The molecule has 0 aromatic carbocycles. The van der Waals surface area contributed by atoms with Gasteiger partial charge in [0.2, 0.25) is 11.8 Å². The Labute approximate surface area is 118 Å². The first-order valence-corrected chi connectivity index (χ1v) is 6.79. The van der Waals surface area contributed by atoms with E-state index in [0.29, 0.717) is 5.88 Å². The number of rotatable bonds is 5. The second-order valence-corrected chi connectivity index (χ2v) is 5.17. The number of hydrogen-bond acceptors (Lipinski definition) is 5. The number of aromatic nitrogens is 1. The normalized spacial score (nSPS) is 18.7. The number of primary amides is 1. The van der Waals surface area contributed by atoms with E-state index in [0.717, 1.165) is 38.0 Å². The quantitative estimate of drug-likeness (QED) is 0.801. The Bertz CT molecular complexity index is 441. The lowest BCUT2D eigenvalue weighted by molar-refractivity contribution is -0.129. The minimum Gasteiger partial charge on any atom is -0.481 e. The highest BCUT2D eigenvalue weighted by atomic mass is 16.5. The fourth-order valence-corrected chi connectivity index (χ4v) is 2.54. The second-order valence-electron chi connectivity index (χ2n) is 5.17. The van der Waals surface area contributed by atoms with E-state index in [2.05, 4.69) is 9.88 Å². The first-order chi connectivity index (χ1) is 9.60. The van der Waals surface area contributed by atoms with Gasteiger partial charge in [0.05, 0.1) is 7.11 Å². The van der Waals surface area contributed by atoms with Gasteiger partial charge in [-0.15, -0.1) is 0 Å². The van der Waals surface area contributed by atoms with Gasteiger partial charge in [-0.3, -0.25) is 9.69 Å². The van der Waals surface area contributed by atoms with E-state index >= 15 is 0 Å². The molecule has 6 nitrogen and oxygen atoms in total. The molecule has 0 saturated carbocycles. The fraction of sp³-hybridized carbons (Fsp3) is 0.571. The van der Waals surface area contributed by atoms with Crippen molar-refractivity contribution < 1.29 is 14.6 Å². The smallest absolute Gasteiger partial charge is 0.246 e. The third-order valence-electron chi connectivity index (χ3n) is 3.78. The molecule has 1 aliphatic rings. The molecule has 3 N–H and O–H groups in total. The molecule has 1 fully saturated rings. The molecule has 20 heavy (non-hydrogen) atoms. The summed E-state index contributed by atoms with van der Waals surface area (Å²) >= 11 is 0. The van der Waals surface area contributed by atoms with E-state index in [1.54, 1.807) is 7.11 Å². The maximum atomic E-state index is 11.0. The number of carbonyl (C=O) groups excluding carboxylic acids is 1. The van der Waals surface area contributed by atoms with Crippen molar-refractivity contribution in [2.75, 3.05) is 20.2 Å². The molecule has 2 heterocycles. The van der Waals surface area contributed by atoms with E-state index in [9.17, 15) is 9.90 Å². The molecule has 0 spiro atoms. The maximum Gasteiger partial charge on any atom is 0.246 e. The SMILES string of the molecule is COc1ccc(CN2CCC([C@H](O)C(N)=O)CC2)cn1. The molecule has 110 valence electrons. The largest absolute Gasteiger partial charge is 0.481 e. The van der Waals surface area contributed by atoms with Crippen LogP contribution in [0.4, 0.5) is 0 Å². The maximum absolute atomic E-state index is 11.0. The van der Waals surface area contributed by atoms with Gasteiger partial charge in [0.15, 0.2) is 0 Å². The van der Waals surface area contributed by atoms with Crippen LogP contribution in [0.1, 0.15) is 18.4 Å². The molecule has 1 aromatic rings. The van der Waals surface area contributed by atoms with Crippen molar-refractivity contribution in [2.24, 2.45) is 11.7 Å². The van der Waals surface area contributed by atoms with Crippen LogP contribution in [0.3, 0.4) is 0 Å². The van der Waals surface area contributed by atoms with Gasteiger partial charge in [0.25, 0.3) is 0 Å². The number of pyridine rings is 1. The zero-order valence-electron chi connectivity index (χ0n) is 11.7. The van der Waals surface area contributed by atoms with Crippen molar-refractivity contribution in [1.29, 1.82) is 0 Å². The fourth-order valence-electron chi connectivity index (χ4n) is 2.54. The molecule has 0 radical (unpaired) electrons. The first kappa shape index (κ1) is 14.7. The highest BCUT2D eigenvalue weighted by Crippen LogP contribution is 2.22. The summed E-state index contributed by atoms with van der Waals surface area (Å²) in [5.74, 6) is -0.0300. The van der Waals surface area contributed by atoms with Crippen LogP contribution in [0, 0.1) is 5.92 Å². The Morgan fingerprint density at radius 2 is 2.25 bits per heavy atom. The van der Waals surface area contributed by atoms with E-state index in [1.165, 1.54) is 0 Å². The van der Waals surface area contributed by atoms with E-state index < -0.39 is 12.0 Å². The van der Waals surface area contributed by atoms with Crippen molar-refractivity contribution >= 4 is 5.91 Å². The molecule has 1 aliphatic heterocycles. The Morgan fingerprint density at radius 3 is 2.75 bits per heavy atom. The number of carbonyl (C=O) groups is 1. The van der Waals surface area contributed by atoms with Crippen LogP contribution >= 0.6 is 0 Å². The Morgan fingerprint density at radius 1 is 1.55 bits per heavy atom. The van der Waals surface area contributed by atoms with Gasteiger partial charge in [-0.25, -0.2) is 4.98 Å². The van der Waals surface area contributed by atoms with Crippen LogP contribution in [0.25, 0.3) is 0 Å². The van der Waals surface area contributed by atoms with Crippen LogP contribution in [-0.2, 0) is 11.3 Å². The summed E-state index contributed by atoms with van der Waals surface area (Å²) in [4.78, 5) is 17.4. The number of piperidine rings is 1. The average molecular weight is 279 g/mol. The molecule has 6 heteroatoms. The number of ether oxygens (including phenoxy) is 1.